The number of nitrogens with zero attached hydrogens (tertiary/aromatic N) is 1. The average molecular weight is 360 g/mol. The van der Waals surface area contributed by atoms with Gasteiger partial charge in [0.1, 0.15) is 15.9 Å². The molecule has 0 amide bonds. The fourth-order valence-corrected chi connectivity index (χ4v) is 3.60. The van der Waals surface area contributed by atoms with Gasteiger partial charge >= 0.3 is 5.97 Å². The van der Waals surface area contributed by atoms with Crippen LogP contribution in [0.2, 0.25) is 0 Å². The molecule has 0 bridgehead atoms. The van der Waals surface area contributed by atoms with Crippen molar-refractivity contribution in [2.45, 2.75) is 11.6 Å². The summed E-state index contributed by atoms with van der Waals surface area (Å²) in [4.78, 5) is 15.3. The highest BCUT2D eigenvalue weighted by molar-refractivity contribution is 7.97. The van der Waals surface area contributed by atoms with Gasteiger partial charge in [0.2, 0.25) is 0 Å². The van der Waals surface area contributed by atoms with E-state index in [2.05, 4.69) is 9.71 Å². The smallest absolute Gasteiger partial charge is 0.335 e. The molecule has 1 aromatic heterocycles. The van der Waals surface area contributed by atoms with Gasteiger partial charge in [-0.15, -0.1) is 11.3 Å². The van der Waals surface area contributed by atoms with Crippen LogP contribution in [0.3, 0.4) is 0 Å². The lowest BCUT2D eigenvalue weighted by atomic mass is 10.1. The maximum absolute atomic E-state index is 12.9. The molecule has 0 saturated heterocycles. The first-order valence-corrected chi connectivity index (χ1v) is 8.75. The Kier molecular flexibility index (Phi) is 5.24. The summed E-state index contributed by atoms with van der Waals surface area (Å²) in [5.41, 5.74) is 2.15. The Bertz CT molecular complexity index is 833. The number of carboxylic acid groups (broad SMARTS) is 1. The quantitative estimate of drug-likeness (QED) is 0.636. The van der Waals surface area contributed by atoms with E-state index in [1.807, 2.05) is 5.38 Å². The summed E-state index contributed by atoms with van der Waals surface area (Å²) in [5.74, 6) is -1.19. The molecule has 3 aromatic rings. The minimum absolute atomic E-state index is 0.263. The largest absolute Gasteiger partial charge is 0.478 e. The monoisotopic (exact) mass is 360 g/mol. The molecule has 0 atom stereocenters. The number of hydrogen-bond acceptors (Lipinski definition) is 5. The van der Waals surface area contributed by atoms with E-state index in [4.69, 9.17) is 5.11 Å². The summed E-state index contributed by atoms with van der Waals surface area (Å²) in [6.07, 6.45) is 0. The fourth-order valence-electron chi connectivity index (χ4n) is 1.99. The molecule has 0 spiro atoms. The molecule has 122 valence electrons. The Morgan fingerprint density at radius 3 is 2.54 bits per heavy atom. The van der Waals surface area contributed by atoms with Crippen LogP contribution in [0.25, 0.3) is 10.6 Å². The summed E-state index contributed by atoms with van der Waals surface area (Å²) in [6, 6.07) is 13.0. The highest BCUT2D eigenvalue weighted by Crippen LogP contribution is 2.27. The second-order valence-corrected chi connectivity index (χ2v) is 6.69. The van der Waals surface area contributed by atoms with E-state index in [0.717, 1.165) is 21.2 Å². The van der Waals surface area contributed by atoms with Crippen LogP contribution in [0, 0.1) is 5.82 Å². The zero-order valence-corrected chi connectivity index (χ0v) is 14.0. The third kappa shape index (κ3) is 4.19. The second kappa shape index (κ2) is 7.57. The minimum Gasteiger partial charge on any atom is -0.478 e. The molecule has 4 nitrogen and oxygen atoms in total. The Morgan fingerprint density at radius 1 is 1.17 bits per heavy atom. The van der Waals surface area contributed by atoms with E-state index in [0.29, 0.717) is 6.54 Å². The molecule has 24 heavy (non-hydrogen) atoms. The molecule has 0 aliphatic rings. The Balaban J connectivity index is 1.55. The van der Waals surface area contributed by atoms with E-state index in [9.17, 15) is 9.18 Å². The molecule has 0 saturated carbocycles. The van der Waals surface area contributed by atoms with Crippen LogP contribution >= 0.6 is 23.3 Å². The van der Waals surface area contributed by atoms with E-state index in [1.165, 1.54) is 35.4 Å². The number of rotatable bonds is 6. The summed E-state index contributed by atoms with van der Waals surface area (Å²) >= 11 is 2.90. The Morgan fingerprint density at radius 2 is 1.88 bits per heavy atom. The normalized spacial score (nSPS) is 10.7. The van der Waals surface area contributed by atoms with Crippen LogP contribution in [0.5, 0.6) is 0 Å². The number of carboxylic acids is 1. The molecule has 2 N–H and O–H groups in total. The van der Waals surface area contributed by atoms with Crippen molar-refractivity contribution in [2.75, 3.05) is 0 Å². The molecule has 0 aliphatic carbocycles. The molecule has 0 unspecified atom stereocenters. The SMILES string of the molecule is O=C(O)c1ccc(CNSc2csc(-c3ccc(F)cc3)n2)cc1. The topological polar surface area (TPSA) is 62.2 Å². The number of thiazole rings is 1. The first-order chi connectivity index (χ1) is 11.6. The molecule has 3 rings (SSSR count). The minimum atomic E-state index is -0.931. The van der Waals surface area contributed by atoms with Crippen molar-refractivity contribution >= 4 is 29.3 Å². The number of halogens is 1. The van der Waals surface area contributed by atoms with E-state index >= 15 is 0 Å². The molecular formula is C17H13FN2O2S2. The van der Waals surface area contributed by atoms with Crippen molar-refractivity contribution < 1.29 is 14.3 Å². The number of nitrogens with one attached hydrogen (secondary N) is 1. The van der Waals surface area contributed by atoms with Crippen LogP contribution < -0.4 is 4.72 Å². The van der Waals surface area contributed by atoms with Crippen LogP contribution in [-0.4, -0.2) is 16.1 Å². The number of aromatic carboxylic acids is 1. The first kappa shape index (κ1) is 16.6. The van der Waals surface area contributed by atoms with Gasteiger partial charge in [-0.2, -0.15) is 0 Å². The maximum Gasteiger partial charge on any atom is 0.335 e. The summed E-state index contributed by atoms with van der Waals surface area (Å²) in [7, 11) is 0. The maximum atomic E-state index is 12.9. The van der Waals surface area contributed by atoms with Gasteiger partial charge in [-0.05, 0) is 53.9 Å². The molecule has 0 aliphatic heterocycles. The third-order valence-electron chi connectivity index (χ3n) is 3.23. The Labute approximate surface area is 146 Å². The van der Waals surface area contributed by atoms with Gasteiger partial charge in [0.25, 0.3) is 0 Å². The molecule has 7 heteroatoms. The van der Waals surface area contributed by atoms with Gasteiger partial charge < -0.3 is 5.11 Å². The van der Waals surface area contributed by atoms with Crippen LogP contribution in [0.4, 0.5) is 4.39 Å². The van der Waals surface area contributed by atoms with Crippen molar-refractivity contribution in [3.8, 4) is 10.6 Å². The van der Waals surface area contributed by atoms with Gasteiger partial charge in [-0.1, -0.05) is 12.1 Å². The molecule has 0 fully saturated rings. The molecule has 0 radical (unpaired) electrons. The zero-order chi connectivity index (χ0) is 16.9. The van der Waals surface area contributed by atoms with Gasteiger partial charge in [-0.3, -0.25) is 4.72 Å². The number of carbonyl (C=O) groups is 1. The van der Waals surface area contributed by atoms with E-state index in [1.54, 1.807) is 36.4 Å². The van der Waals surface area contributed by atoms with Gasteiger partial charge in [0, 0.05) is 17.5 Å². The van der Waals surface area contributed by atoms with E-state index < -0.39 is 5.97 Å². The predicted molar refractivity (Wildman–Crippen MR) is 93.6 cm³/mol. The summed E-state index contributed by atoms with van der Waals surface area (Å²) < 4.78 is 16.1. The molecular weight excluding hydrogens is 347 g/mol. The highest BCUT2D eigenvalue weighted by atomic mass is 32.2. The third-order valence-corrected chi connectivity index (χ3v) is 4.98. The van der Waals surface area contributed by atoms with E-state index in [-0.39, 0.29) is 11.4 Å². The molecule has 1 heterocycles. The van der Waals surface area contributed by atoms with Crippen molar-refractivity contribution in [1.82, 2.24) is 9.71 Å². The number of benzene rings is 2. The fraction of sp³-hybridized carbons (Fsp3) is 0.0588. The van der Waals surface area contributed by atoms with Crippen LogP contribution in [0.15, 0.2) is 58.9 Å². The predicted octanol–water partition coefficient (Wildman–Crippen LogP) is 4.44. The molecule has 2 aromatic carbocycles. The average Bonchev–Trinajstić information content (AvgIpc) is 3.05. The summed E-state index contributed by atoms with van der Waals surface area (Å²) in [6.45, 7) is 0.591. The van der Waals surface area contributed by atoms with Crippen molar-refractivity contribution in [1.29, 1.82) is 0 Å². The second-order valence-electron chi connectivity index (χ2n) is 4.92. The highest BCUT2D eigenvalue weighted by Gasteiger charge is 2.06. The van der Waals surface area contributed by atoms with Crippen molar-refractivity contribution in [3.63, 3.8) is 0 Å². The number of aromatic nitrogens is 1. The van der Waals surface area contributed by atoms with Gasteiger partial charge in [0.05, 0.1) is 5.56 Å². The summed E-state index contributed by atoms with van der Waals surface area (Å²) in [5, 5.41) is 12.5. The number of hydrogen-bond donors (Lipinski definition) is 2. The van der Waals surface area contributed by atoms with Crippen molar-refractivity contribution in [2.24, 2.45) is 0 Å². The Hall–Kier alpha value is -2.22. The lowest BCUT2D eigenvalue weighted by molar-refractivity contribution is 0.0697. The van der Waals surface area contributed by atoms with Gasteiger partial charge in [0.15, 0.2) is 0 Å². The lowest BCUT2D eigenvalue weighted by Gasteiger charge is -2.03. The van der Waals surface area contributed by atoms with Crippen LogP contribution in [0.1, 0.15) is 15.9 Å². The zero-order valence-electron chi connectivity index (χ0n) is 12.4. The van der Waals surface area contributed by atoms with Crippen molar-refractivity contribution in [3.05, 3.63) is 70.9 Å². The lowest BCUT2D eigenvalue weighted by Crippen LogP contribution is -2.04. The van der Waals surface area contributed by atoms with Gasteiger partial charge in [-0.25, -0.2) is 14.2 Å². The van der Waals surface area contributed by atoms with Crippen LogP contribution in [-0.2, 0) is 6.54 Å². The standard InChI is InChI=1S/C17H13FN2O2S2/c18-14-7-5-12(6-8-14)16-20-15(10-23-16)24-19-9-11-1-3-13(4-2-11)17(21)22/h1-8,10,19H,9H2,(H,21,22). The first-order valence-electron chi connectivity index (χ1n) is 7.05.